The van der Waals surface area contributed by atoms with Crippen molar-refractivity contribution < 1.29 is 4.39 Å². The van der Waals surface area contributed by atoms with E-state index in [1.54, 1.807) is 23.5 Å². The first-order chi connectivity index (χ1) is 10.6. The molecule has 0 aliphatic carbocycles. The topological polar surface area (TPSA) is 16.1 Å². The number of hydrogen-bond acceptors (Lipinski definition) is 3. The summed E-state index contributed by atoms with van der Waals surface area (Å²) in [5.74, 6) is 1.13. The lowest BCUT2D eigenvalue weighted by Gasteiger charge is -2.39. The van der Waals surface area contributed by atoms with Gasteiger partial charge in [-0.2, -0.15) is 0 Å². The second-order valence-corrected chi connectivity index (χ2v) is 8.37. The zero-order valence-electron chi connectivity index (χ0n) is 13.7. The molecule has 2 saturated heterocycles. The van der Waals surface area contributed by atoms with Gasteiger partial charge in [0.2, 0.25) is 0 Å². The van der Waals surface area contributed by atoms with Crippen LogP contribution in [-0.2, 0) is 0 Å². The van der Waals surface area contributed by atoms with E-state index in [9.17, 15) is 4.39 Å². The molecule has 2 fully saturated rings. The molecule has 2 atom stereocenters. The molecule has 0 N–H and O–H groups in total. The number of halogens is 2. The zero-order valence-corrected chi connectivity index (χ0v) is 16.2. The second-order valence-electron chi connectivity index (χ2n) is 7.31. The highest BCUT2D eigenvalue weighted by molar-refractivity contribution is 8.93. The minimum Gasteiger partial charge on any atom is -0.297 e. The first kappa shape index (κ1) is 17.3. The Kier molecular flexibility index (Phi) is 5.09. The third-order valence-electron chi connectivity index (χ3n) is 5.18. The molecule has 1 aromatic carbocycles. The molecule has 23 heavy (non-hydrogen) atoms. The molecule has 2 aliphatic heterocycles. The fourth-order valence-electron chi connectivity index (χ4n) is 4.29. The predicted octanol–water partition coefficient (Wildman–Crippen LogP) is 5.38. The van der Waals surface area contributed by atoms with Gasteiger partial charge in [-0.25, -0.2) is 9.37 Å². The fourth-order valence-corrected chi connectivity index (χ4v) is 5.36. The highest BCUT2D eigenvalue weighted by atomic mass is 79.9. The van der Waals surface area contributed by atoms with E-state index in [1.807, 2.05) is 6.07 Å². The van der Waals surface area contributed by atoms with Crippen LogP contribution in [0.4, 0.5) is 4.39 Å². The monoisotopic (exact) mass is 398 g/mol. The summed E-state index contributed by atoms with van der Waals surface area (Å²) in [5.41, 5.74) is 0.831. The summed E-state index contributed by atoms with van der Waals surface area (Å²) in [6, 6.07) is 6.44. The number of piperidine rings is 1. The van der Waals surface area contributed by atoms with Crippen molar-refractivity contribution >= 4 is 38.5 Å². The van der Waals surface area contributed by atoms with Crippen LogP contribution < -0.4 is 0 Å². The minimum absolute atomic E-state index is 0. The number of hydrogen-bond donors (Lipinski definition) is 0. The van der Waals surface area contributed by atoms with Gasteiger partial charge in [0.1, 0.15) is 5.82 Å². The van der Waals surface area contributed by atoms with Gasteiger partial charge in [0.15, 0.2) is 0 Å². The van der Waals surface area contributed by atoms with Gasteiger partial charge in [-0.1, -0.05) is 13.8 Å². The number of thiazole rings is 1. The molecule has 1 aromatic heterocycles. The van der Waals surface area contributed by atoms with Crippen LogP contribution in [0.15, 0.2) is 18.2 Å². The van der Waals surface area contributed by atoms with Crippen LogP contribution in [0.5, 0.6) is 0 Å². The molecule has 2 aliphatic rings. The Bertz CT molecular complexity index is 673. The van der Waals surface area contributed by atoms with Gasteiger partial charge in [-0.15, -0.1) is 28.3 Å². The Morgan fingerprint density at radius 1 is 1.26 bits per heavy atom. The van der Waals surface area contributed by atoms with E-state index < -0.39 is 0 Å². The molecular formula is C18H24BrFN2S. The largest absolute Gasteiger partial charge is 0.297 e. The molecule has 2 aromatic rings. The molecule has 0 saturated carbocycles. The molecular weight excluding hydrogens is 375 g/mol. The molecule has 2 nitrogen and oxygen atoms in total. The van der Waals surface area contributed by atoms with E-state index in [2.05, 4.69) is 18.7 Å². The van der Waals surface area contributed by atoms with Crippen LogP contribution in [0.3, 0.4) is 0 Å². The molecule has 3 heterocycles. The first-order valence-electron chi connectivity index (χ1n) is 8.42. The van der Waals surface area contributed by atoms with Crippen molar-refractivity contribution in [1.82, 2.24) is 9.88 Å². The van der Waals surface area contributed by atoms with Crippen molar-refractivity contribution in [1.29, 1.82) is 0 Å². The highest BCUT2D eigenvalue weighted by Crippen LogP contribution is 2.44. The normalized spacial score (nSPS) is 27.6. The predicted molar refractivity (Wildman–Crippen MR) is 100 cm³/mol. The van der Waals surface area contributed by atoms with E-state index in [0.717, 1.165) is 28.2 Å². The highest BCUT2D eigenvalue weighted by Gasteiger charge is 2.41. The molecule has 2 bridgehead atoms. The Morgan fingerprint density at radius 2 is 1.96 bits per heavy atom. The van der Waals surface area contributed by atoms with E-state index in [1.165, 1.54) is 37.2 Å². The van der Waals surface area contributed by atoms with Crippen LogP contribution in [0.25, 0.3) is 10.2 Å². The van der Waals surface area contributed by atoms with Gasteiger partial charge >= 0.3 is 0 Å². The van der Waals surface area contributed by atoms with Gasteiger partial charge in [0.05, 0.1) is 15.2 Å². The van der Waals surface area contributed by atoms with Crippen molar-refractivity contribution in [2.24, 2.45) is 5.92 Å². The van der Waals surface area contributed by atoms with Gasteiger partial charge < -0.3 is 0 Å². The van der Waals surface area contributed by atoms with Crippen molar-refractivity contribution in [3.8, 4) is 0 Å². The summed E-state index contributed by atoms with van der Waals surface area (Å²) in [6.45, 7) is 5.86. The molecule has 0 spiro atoms. The van der Waals surface area contributed by atoms with Gasteiger partial charge in [0.25, 0.3) is 0 Å². The standard InChI is InChI=1S/C18H23FN2S.BrH/c1-11(2)10-21-14-4-5-15(21)8-12(7-14)18-20-16-9-13(19)3-6-17(16)22-18;/h3,6,9,11-12,14-15H,4-5,7-8,10H2,1-2H3;1H. The fraction of sp³-hybridized carbons (Fsp3) is 0.611. The van der Waals surface area contributed by atoms with Crippen LogP contribution in [-0.4, -0.2) is 28.5 Å². The van der Waals surface area contributed by atoms with E-state index in [0.29, 0.717) is 5.92 Å². The van der Waals surface area contributed by atoms with Gasteiger partial charge in [-0.05, 0) is 43.7 Å². The zero-order chi connectivity index (χ0) is 15.3. The number of benzene rings is 1. The maximum absolute atomic E-state index is 13.4. The van der Waals surface area contributed by atoms with Crippen LogP contribution in [0.2, 0.25) is 0 Å². The summed E-state index contributed by atoms with van der Waals surface area (Å²) in [4.78, 5) is 7.48. The molecule has 2 unspecified atom stereocenters. The number of aromatic nitrogens is 1. The van der Waals surface area contributed by atoms with Crippen molar-refractivity contribution in [2.75, 3.05) is 6.54 Å². The number of rotatable bonds is 3. The van der Waals surface area contributed by atoms with Crippen LogP contribution in [0.1, 0.15) is 50.5 Å². The number of nitrogens with zero attached hydrogens (tertiary/aromatic N) is 2. The summed E-state index contributed by atoms with van der Waals surface area (Å²) in [6.07, 6.45) is 5.14. The average Bonchev–Trinajstić information content (AvgIpc) is 2.96. The van der Waals surface area contributed by atoms with Crippen LogP contribution in [0, 0.1) is 11.7 Å². The average molecular weight is 399 g/mol. The Labute approximate surface area is 151 Å². The molecule has 126 valence electrons. The molecule has 5 heteroatoms. The summed E-state index contributed by atoms with van der Waals surface area (Å²) < 4.78 is 14.5. The van der Waals surface area contributed by atoms with E-state index in [4.69, 9.17) is 4.98 Å². The quantitative estimate of drug-likeness (QED) is 0.689. The number of fused-ring (bicyclic) bond motifs is 3. The smallest absolute Gasteiger partial charge is 0.125 e. The van der Waals surface area contributed by atoms with Gasteiger partial charge in [0, 0.05) is 30.6 Å². The van der Waals surface area contributed by atoms with Crippen molar-refractivity contribution in [2.45, 2.75) is 57.5 Å². The van der Waals surface area contributed by atoms with E-state index >= 15 is 0 Å². The van der Waals surface area contributed by atoms with E-state index in [-0.39, 0.29) is 22.8 Å². The maximum atomic E-state index is 13.4. The van der Waals surface area contributed by atoms with Crippen LogP contribution >= 0.6 is 28.3 Å². The Balaban J connectivity index is 0.00000156. The Hall–Kier alpha value is -0.520. The second kappa shape index (κ2) is 6.77. The van der Waals surface area contributed by atoms with Crippen molar-refractivity contribution in [3.05, 3.63) is 29.0 Å². The SMILES string of the molecule is Br.CC(C)CN1C2CCC1CC(c1nc3cc(F)ccc3s1)C2. The third kappa shape index (κ3) is 3.33. The van der Waals surface area contributed by atoms with Gasteiger partial charge in [-0.3, -0.25) is 4.90 Å². The first-order valence-corrected chi connectivity index (χ1v) is 9.23. The molecule has 0 radical (unpaired) electrons. The van der Waals surface area contributed by atoms with Crippen molar-refractivity contribution in [3.63, 3.8) is 0 Å². The molecule has 4 rings (SSSR count). The minimum atomic E-state index is -0.184. The lowest BCUT2D eigenvalue weighted by molar-refractivity contribution is 0.112. The lowest BCUT2D eigenvalue weighted by atomic mass is 9.90. The molecule has 0 amide bonds. The lowest BCUT2D eigenvalue weighted by Crippen LogP contribution is -2.44. The summed E-state index contributed by atoms with van der Waals surface area (Å²) in [5, 5.41) is 1.22. The summed E-state index contributed by atoms with van der Waals surface area (Å²) >= 11 is 1.76. The summed E-state index contributed by atoms with van der Waals surface area (Å²) in [7, 11) is 0. The third-order valence-corrected chi connectivity index (χ3v) is 6.37. The Morgan fingerprint density at radius 3 is 2.61 bits per heavy atom. The maximum Gasteiger partial charge on any atom is 0.125 e.